The van der Waals surface area contributed by atoms with E-state index < -0.39 is 4.87 Å². The number of aromatic nitrogens is 2. The van der Waals surface area contributed by atoms with Gasteiger partial charge < -0.3 is 0 Å². The zero-order chi connectivity index (χ0) is 13.2. The van der Waals surface area contributed by atoms with Crippen LogP contribution in [0.5, 0.6) is 0 Å². The van der Waals surface area contributed by atoms with Crippen molar-refractivity contribution in [2.45, 2.75) is 25.1 Å². The molecule has 0 saturated carbocycles. The summed E-state index contributed by atoms with van der Waals surface area (Å²) in [6.07, 6.45) is 2.55. The molecule has 2 aromatic rings. The maximum Gasteiger partial charge on any atom is 0.281 e. The molecule has 0 N–H and O–H groups in total. The Kier molecular flexibility index (Phi) is 3.69. The highest BCUT2D eigenvalue weighted by Crippen LogP contribution is 2.32. The van der Waals surface area contributed by atoms with Gasteiger partial charge in [-0.05, 0) is 17.8 Å². The van der Waals surface area contributed by atoms with Crippen molar-refractivity contribution >= 4 is 39.2 Å². The first kappa shape index (κ1) is 13.1. The normalized spacial score (nSPS) is 14.1. The van der Waals surface area contributed by atoms with Crippen molar-refractivity contribution in [3.63, 3.8) is 0 Å². The molecule has 0 saturated heterocycles. The zero-order valence-corrected chi connectivity index (χ0v) is 11.9. The number of fused-ring (bicyclic) bond motifs is 1. The number of rotatable bonds is 2. The van der Waals surface area contributed by atoms with Gasteiger partial charge in [-0.25, -0.2) is 11.3 Å². The molecule has 1 aromatic carbocycles. The van der Waals surface area contributed by atoms with E-state index in [0.29, 0.717) is 4.32 Å². The molecule has 0 bridgehead atoms. The molecule has 0 spiro atoms. The van der Waals surface area contributed by atoms with Crippen LogP contribution >= 0.6 is 24.0 Å². The molecule has 2 rings (SSSR count). The number of benzene rings is 1. The van der Waals surface area contributed by atoms with Crippen LogP contribution in [0.2, 0.25) is 0 Å². The van der Waals surface area contributed by atoms with Crippen molar-refractivity contribution in [3.8, 4) is 0 Å². The van der Waals surface area contributed by atoms with Crippen LogP contribution in [-0.2, 0) is 0 Å². The van der Waals surface area contributed by atoms with Gasteiger partial charge in [0.15, 0.2) is 4.32 Å². The molecule has 3 nitrogen and oxygen atoms in total. The summed E-state index contributed by atoms with van der Waals surface area (Å²) in [6.45, 7) is 11.2. The second kappa shape index (κ2) is 5.09. The Labute approximate surface area is 116 Å². The van der Waals surface area contributed by atoms with Crippen LogP contribution in [0.4, 0.5) is 0 Å². The number of nitrogens with zero attached hydrogens (tertiary/aromatic N) is 3. The third-order valence-electron chi connectivity index (χ3n) is 2.85. The maximum absolute atomic E-state index is 7.25. The van der Waals surface area contributed by atoms with E-state index in [0.717, 1.165) is 17.3 Å². The Morgan fingerprint density at radius 3 is 2.94 bits per heavy atom. The highest BCUT2D eigenvalue weighted by Gasteiger charge is 2.31. The summed E-state index contributed by atoms with van der Waals surface area (Å²) in [4.78, 5) is 3.14. The van der Waals surface area contributed by atoms with Crippen molar-refractivity contribution < 1.29 is 0 Å². The highest BCUT2D eigenvalue weighted by atomic mass is 32.2. The van der Waals surface area contributed by atoms with E-state index >= 15 is 0 Å². The number of para-hydroxylation sites is 1. The molecule has 92 valence electrons. The van der Waals surface area contributed by atoms with Gasteiger partial charge in [-0.2, -0.15) is 5.10 Å². The van der Waals surface area contributed by atoms with Crippen molar-refractivity contribution in [2.75, 3.05) is 0 Å². The van der Waals surface area contributed by atoms with Crippen molar-refractivity contribution in [3.05, 3.63) is 41.9 Å². The Morgan fingerprint density at radius 2 is 2.28 bits per heavy atom. The van der Waals surface area contributed by atoms with Crippen LogP contribution < -0.4 is 0 Å². The number of hydrogen-bond acceptors (Lipinski definition) is 3. The van der Waals surface area contributed by atoms with Crippen molar-refractivity contribution in [1.29, 1.82) is 0 Å². The molecule has 0 aliphatic carbocycles. The quantitative estimate of drug-likeness (QED) is 0.612. The van der Waals surface area contributed by atoms with E-state index in [1.165, 1.54) is 11.8 Å². The molecule has 0 aliphatic heterocycles. The standard InChI is InChI=1S/C13H13N3S2/c1-4-13(2,14-3)18-12(17)16-11-8-6-5-7-10(11)9-15-16/h5-9H,4H2,1-2H3. The molecule has 1 unspecified atom stereocenters. The van der Waals surface area contributed by atoms with Gasteiger partial charge >= 0.3 is 0 Å². The molecule has 1 aromatic heterocycles. The van der Waals surface area contributed by atoms with Gasteiger partial charge in [0.2, 0.25) is 0 Å². The lowest BCUT2D eigenvalue weighted by Crippen LogP contribution is -2.19. The minimum Gasteiger partial charge on any atom is -0.298 e. The second-order valence-corrected chi connectivity index (χ2v) is 6.24. The minimum absolute atomic E-state index is 0.510. The van der Waals surface area contributed by atoms with Crippen molar-refractivity contribution in [1.82, 2.24) is 9.78 Å². The smallest absolute Gasteiger partial charge is 0.281 e. The molecular weight excluding hydrogens is 262 g/mol. The fraction of sp³-hybridized carbons (Fsp3) is 0.308. The summed E-state index contributed by atoms with van der Waals surface area (Å²) >= 11 is 6.80. The van der Waals surface area contributed by atoms with Crippen LogP contribution in [0.1, 0.15) is 20.3 Å². The summed E-state index contributed by atoms with van der Waals surface area (Å²) in [5.41, 5.74) is 0.985. The number of thioether (sulfide) groups is 1. The molecular formula is C13H13N3S2. The molecule has 0 fully saturated rings. The number of hydrogen-bond donors (Lipinski definition) is 0. The Morgan fingerprint density at radius 1 is 1.56 bits per heavy atom. The third kappa shape index (κ3) is 2.40. The largest absolute Gasteiger partial charge is 0.298 e. The molecule has 0 amide bonds. The fourth-order valence-corrected chi connectivity index (χ4v) is 3.00. The summed E-state index contributed by atoms with van der Waals surface area (Å²) in [7, 11) is 0. The summed E-state index contributed by atoms with van der Waals surface area (Å²) in [6, 6.07) is 7.91. The van der Waals surface area contributed by atoms with E-state index in [2.05, 4.69) is 9.94 Å². The zero-order valence-electron chi connectivity index (χ0n) is 10.3. The maximum atomic E-state index is 7.25. The lowest BCUT2D eigenvalue weighted by Gasteiger charge is -2.14. The molecule has 0 radical (unpaired) electrons. The average molecular weight is 275 g/mol. The minimum atomic E-state index is -0.510. The van der Waals surface area contributed by atoms with Crippen LogP contribution in [-0.4, -0.2) is 19.0 Å². The Hall–Kier alpha value is -1.38. The van der Waals surface area contributed by atoms with E-state index in [1.54, 1.807) is 10.9 Å². The van der Waals surface area contributed by atoms with Gasteiger partial charge in [0.25, 0.3) is 4.87 Å². The van der Waals surface area contributed by atoms with Gasteiger partial charge in [0, 0.05) is 18.7 Å². The van der Waals surface area contributed by atoms with Gasteiger partial charge in [-0.1, -0.05) is 37.3 Å². The molecule has 18 heavy (non-hydrogen) atoms. The van der Waals surface area contributed by atoms with E-state index in [1.807, 2.05) is 38.1 Å². The van der Waals surface area contributed by atoms with Crippen LogP contribution in [0.25, 0.3) is 15.7 Å². The third-order valence-corrected chi connectivity index (χ3v) is 4.44. The Bertz CT molecular complexity index is 626. The average Bonchev–Trinajstić information content (AvgIpc) is 2.82. The van der Waals surface area contributed by atoms with E-state index in [-0.39, 0.29) is 0 Å². The predicted octanol–water partition coefficient (Wildman–Crippen LogP) is 3.95. The second-order valence-electron chi connectivity index (χ2n) is 4.12. The van der Waals surface area contributed by atoms with Gasteiger partial charge in [0.1, 0.15) is 0 Å². The van der Waals surface area contributed by atoms with Gasteiger partial charge in [-0.15, -0.1) is 0 Å². The van der Waals surface area contributed by atoms with Gasteiger partial charge in [0.05, 0.1) is 11.7 Å². The lowest BCUT2D eigenvalue weighted by atomic mass is 10.3. The van der Waals surface area contributed by atoms with Crippen LogP contribution in [0.15, 0.2) is 30.5 Å². The molecule has 0 aliphatic rings. The van der Waals surface area contributed by atoms with Gasteiger partial charge in [-0.3, -0.25) is 4.85 Å². The fourth-order valence-electron chi connectivity index (χ4n) is 1.52. The summed E-state index contributed by atoms with van der Waals surface area (Å²) in [5.74, 6) is 0. The highest BCUT2D eigenvalue weighted by molar-refractivity contribution is 8.23. The van der Waals surface area contributed by atoms with E-state index in [9.17, 15) is 0 Å². The first-order valence-corrected chi connectivity index (χ1v) is 6.87. The molecule has 1 heterocycles. The first-order valence-electron chi connectivity index (χ1n) is 5.64. The lowest BCUT2D eigenvalue weighted by molar-refractivity contribution is 0.754. The SMILES string of the molecule is [C-]#[N+]C(C)(CC)SC(=S)n1ncc2ccccc21. The Balaban J connectivity index is 2.33. The topological polar surface area (TPSA) is 22.2 Å². The van der Waals surface area contributed by atoms with Crippen LogP contribution in [0.3, 0.4) is 0 Å². The number of thiocarbonyl (C=S) groups is 1. The predicted molar refractivity (Wildman–Crippen MR) is 80.6 cm³/mol. The summed E-state index contributed by atoms with van der Waals surface area (Å²) < 4.78 is 2.35. The monoisotopic (exact) mass is 275 g/mol. The van der Waals surface area contributed by atoms with E-state index in [4.69, 9.17) is 18.8 Å². The molecule has 5 heteroatoms. The first-order chi connectivity index (χ1) is 8.59. The van der Waals surface area contributed by atoms with Crippen LogP contribution in [0, 0.1) is 6.57 Å². The molecule has 1 atom stereocenters. The summed E-state index contributed by atoms with van der Waals surface area (Å²) in [5, 5.41) is 5.36. The van der Waals surface area contributed by atoms with Crippen molar-refractivity contribution in [2.24, 2.45) is 0 Å².